The van der Waals surface area contributed by atoms with Crippen molar-refractivity contribution in [1.82, 2.24) is 4.31 Å². The monoisotopic (exact) mass is 281 g/mol. The summed E-state index contributed by atoms with van der Waals surface area (Å²) in [5.41, 5.74) is 0. The molecule has 0 radical (unpaired) electrons. The van der Waals surface area contributed by atoms with E-state index in [1.165, 1.54) is 0 Å². The van der Waals surface area contributed by atoms with Crippen LogP contribution in [0, 0.1) is 0 Å². The molecule has 0 aromatic rings. The van der Waals surface area contributed by atoms with Gasteiger partial charge in [-0.3, -0.25) is 0 Å². The quantitative estimate of drug-likeness (QED) is 0.573. The second-order valence-corrected chi connectivity index (χ2v) is 4.47. The van der Waals surface area contributed by atoms with Gasteiger partial charge in [0.1, 0.15) is 0 Å². The maximum absolute atomic E-state index is 12.2. The first-order valence-electron chi connectivity index (χ1n) is 3.15. The normalized spacial score (nSPS) is 15.6. The number of hydrogen-bond donors (Lipinski definition) is 0. The first-order chi connectivity index (χ1) is 6.65. The fourth-order valence-corrected chi connectivity index (χ4v) is 1.36. The molecule has 0 unspecified atom stereocenters. The lowest BCUT2D eigenvalue weighted by Gasteiger charge is -2.26. The highest BCUT2D eigenvalue weighted by Crippen LogP contribution is 2.43. The summed E-state index contributed by atoms with van der Waals surface area (Å²) in [5, 5.41) is -6.51. The van der Waals surface area contributed by atoms with Crippen LogP contribution in [0.25, 0.3) is 0 Å². The third-order valence-corrected chi connectivity index (χ3v) is 3.18. The molecule has 3 nitrogen and oxygen atoms in total. The van der Waals surface area contributed by atoms with Gasteiger partial charge in [-0.15, -0.1) is 4.31 Å². The third-order valence-electron chi connectivity index (χ3n) is 1.37. The second kappa shape index (κ2) is 3.68. The summed E-state index contributed by atoms with van der Waals surface area (Å²) in [6.07, 6.45) is -12.5. The zero-order valence-corrected chi connectivity index (χ0v) is 8.01. The second-order valence-electron chi connectivity index (χ2n) is 2.45. The number of hydrogen-bond acceptors (Lipinski definition) is 2. The maximum atomic E-state index is 12.2. The minimum Gasteiger partial charge on any atom is -0.205 e. The average Bonchev–Trinajstić information content (AvgIpc) is 1.98. The third kappa shape index (κ3) is 2.36. The molecule has 0 spiro atoms. The lowest BCUT2D eigenvalue weighted by molar-refractivity contribution is -0.250. The van der Waals surface area contributed by atoms with Crippen LogP contribution in [-0.4, -0.2) is 37.5 Å². The summed E-state index contributed by atoms with van der Waals surface area (Å²) in [4.78, 5) is 0. The van der Waals surface area contributed by atoms with E-state index < -0.39 is 39.1 Å². The molecule has 0 bridgehead atoms. The van der Waals surface area contributed by atoms with Gasteiger partial charge in [-0.25, -0.2) is 8.42 Å². The molecule has 0 saturated carbocycles. The number of halogens is 8. The van der Waals surface area contributed by atoms with E-state index in [2.05, 4.69) is 0 Å². The molecule has 98 valence electrons. The predicted octanol–water partition coefficient (Wildman–Crippen LogP) is 1.92. The van der Waals surface area contributed by atoms with Crippen molar-refractivity contribution < 1.29 is 43.5 Å². The van der Waals surface area contributed by atoms with Crippen LogP contribution in [0.15, 0.2) is 0 Å². The van der Waals surface area contributed by atoms with Gasteiger partial charge in [0.05, 0.1) is 0 Å². The summed E-state index contributed by atoms with van der Waals surface area (Å²) < 4.78 is 113. The number of nitrogens with zero attached hydrogens (tertiary/aromatic N) is 1. The molecule has 12 heteroatoms. The fraction of sp³-hybridized carbons (Fsp3) is 1.00. The fourth-order valence-electron chi connectivity index (χ4n) is 0.454. The first kappa shape index (κ1) is 15.3. The highest BCUT2D eigenvalue weighted by molar-refractivity contribution is 7.90. The minimum atomic E-state index is -6.90. The first-order valence-corrected chi connectivity index (χ1v) is 4.59. The summed E-state index contributed by atoms with van der Waals surface area (Å²) >= 11 is 0. The van der Waals surface area contributed by atoms with Crippen molar-refractivity contribution in [1.29, 1.82) is 0 Å². The molecular weight excluding hydrogens is 278 g/mol. The van der Waals surface area contributed by atoms with E-state index in [9.17, 15) is 43.5 Å². The molecule has 0 aromatic carbocycles. The number of rotatable bonds is 2. The molecule has 0 rings (SSSR count). The van der Waals surface area contributed by atoms with Crippen LogP contribution in [0.2, 0.25) is 0 Å². The van der Waals surface area contributed by atoms with Crippen LogP contribution >= 0.6 is 0 Å². The van der Waals surface area contributed by atoms with Crippen molar-refractivity contribution in [2.75, 3.05) is 7.05 Å². The van der Waals surface area contributed by atoms with Gasteiger partial charge in [0, 0.05) is 7.05 Å². The van der Waals surface area contributed by atoms with Gasteiger partial charge in [0.25, 0.3) is 10.0 Å². The Labute approximate surface area is 83.7 Å². The van der Waals surface area contributed by atoms with Crippen molar-refractivity contribution in [2.24, 2.45) is 0 Å². The van der Waals surface area contributed by atoms with Crippen molar-refractivity contribution in [3.63, 3.8) is 0 Å². The Morgan fingerprint density at radius 2 is 1.19 bits per heavy atom. The van der Waals surface area contributed by atoms with Crippen molar-refractivity contribution >= 4 is 10.0 Å². The lowest BCUT2D eigenvalue weighted by atomic mass is 10.7. The number of sulfonamides is 1. The molecule has 16 heavy (non-hydrogen) atoms. The van der Waals surface area contributed by atoms with E-state index in [4.69, 9.17) is 0 Å². The lowest BCUT2D eigenvalue weighted by Crippen LogP contribution is -2.54. The Morgan fingerprint density at radius 1 is 0.875 bits per heavy atom. The van der Waals surface area contributed by atoms with Gasteiger partial charge < -0.3 is 0 Å². The summed E-state index contributed by atoms with van der Waals surface area (Å²) in [6, 6.07) is 0. The largest absolute Gasteiger partial charge is 0.473 e. The Balaban J connectivity index is 5.57. The Kier molecular flexibility index (Phi) is 3.53. The van der Waals surface area contributed by atoms with E-state index in [0.29, 0.717) is 0 Å². The van der Waals surface area contributed by atoms with Crippen molar-refractivity contribution in [3.05, 3.63) is 0 Å². The van der Waals surface area contributed by atoms with Crippen LogP contribution in [0.4, 0.5) is 35.1 Å². The molecule has 0 N–H and O–H groups in total. The summed E-state index contributed by atoms with van der Waals surface area (Å²) in [7, 11) is -7.35. The van der Waals surface area contributed by atoms with E-state index in [1.54, 1.807) is 0 Å². The predicted molar refractivity (Wildman–Crippen MR) is 33.7 cm³/mol. The molecule has 0 aliphatic carbocycles. The van der Waals surface area contributed by atoms with Crippen LogP contribution in [0.3, 0.4) is 0 Å². The molecule has 0 fully saturated rings. The molecule has 0 atom stereocenters. The highest BCUT2D eigenvalue weighted by atomic mass is 32.2. The molecule has 0 aromatic heterocycles. The smallest absolute Gasteiger partial charge is 0.205 e. The van der Waals surface area contributed by atoms with Crippen LogP contribution < -0.4 is 0 Å². The van der Waals surface area contributed by atoms with Gasteiger partial charge in [-0.2, -0.15) is 35.1 Å². The Hall–Kier alpha value is -0.650. The zero-order chi connectivity index (χ0) is 13.6. The molecule has 0 aliphatic rings. The number of alkyl halides is 8. The zero-order valence-electron chi connectivity index (χ0n) is 7.20. The van der Waals surface area contributed by atoms with Crippen molar-refractivity contribution in [3.8, 4) is 0 Å². The van der Waals surface area contributed by atoms with Crippen LogP contribution in [0.1, 0.15) is 0 Å². The van der Waals surface area contributed by atoms with Crippen molar-refractivity contribution in [2.45, 2.75) is 17.7 Å². The van der Waals surface area contributed by atoms with Gasteiger partial charge in [-0.05, 0) is 0 Å². The SMILES string of the molecule is CN(C(F)(F)F)S(=O)(=O)C(F)(F)C(F)(F)F. The standard InChI is InChI=1S/C4H3F8NO2S/c1-13(4(10,11)12)16(14,15)3(8,9)2(5,6)7/h1H3. The molecular formula is C4H3F8NO2S. The van der Waals surface area contributed by atoms with Gasteiger partial charge in [0.2, 0.25) is 0 Å². The van der Waals surface area contributed by atoms with Gasteiger partial charge >= 0.3 is 17.7 Å². The highest BCUT2D eigenvalue weighted by Gasteiger charge is 2.71. The molecule has 0 saturated heterocycles. The Morgan fingerprint density at radius 3 is 1.38 bits per heavy atom. The molecule has 0 heterocycles. The minimum absolute atomic E-state index is 0.449. The maximum Gasteiger partial charge on any atom is 0.473 e. The van der Waals surface area contributed by atoms with E-state index >= 15 is 0 Å². The van der Waals surface area contributed by atoms with E-state index in [1.807, 2.05) is 0 Å². The topological polar surface area (TPSA) is 37.4 Å². The van der Waals surface area contributed by atoms with E-state index in [-0.39, 0.29) is 0 Å². The molecule has 0 amide bonds. The molecule has 0 aliphatic heterocycles. The Bertz CT molecular complexity index is 353. The van der Waals surface area contributed by atoms with Crippen LogP contribution in [-0.2, 0) is 10.0 Å². The van der Waals surface area contributed by atoms with Gasteiger partial charge in [0.15, 0.2) is 0 Å². The average molecular weight is 281 g/mol. The summed E-state index contributed by atoms with van der Waals surface area (Å²) in [5.74, 6) is 0. The van der Waals surface area contributed by atoms with Gasteiger partial charge in [-0.1, -0.05) is 0 Å². The van der Waals surface area contributed by atoms with E-state index in [0.717, 1.165) is 0 Å². The van der Waals surface area contributed by atoms with Crippen LogP contribution in [0.5, 0.6) is 0 Å². The summed E-state index contributed by atoms with van der Waals surface area (Å²) in [6.45, 7) is 0.